The van der Waals surface area contributed by atoms with Gasteiger partial charge in [-0.2, -0.15) is 0 Å². The molecule has 0 saturated carbocycles. The Bertz CT molecular complexity index is 724. The normalized spacial score (nSPS) is 17.4. The van der Waals surface area contributed by atoms with E-state index in [4.69, 9.17) is 4.74 Å². The van der Waals surface area contributed by atoms with Crippen LogP contribution in [0.1, 0.15) is 31.7 Å². The summed E-state index contributed by atoms with van der Waals surface area (Å²) in [4.78, 5) is 25.3. The molecule has 27 heavy (non-hydrogen) atoms. The zero-order valence-electron chi connectivity index (χ0n) is 15.5. The number of ether oxygens (including phenoxy) is 1. The minimum atomic E-state index is -3.70. The van der Waals surface area contributed by atoms with Crippen molar-refractivity contribution >= 4 is 22.0 Å². The molecule has 8 nitrogen and oxygen atoms in total. The summed E-state index contributed by atoms with van der Waals surface area (Å²) in [5.74, 6) is -0.365. The number of carbonyl (C=O) groups excluding carboxylic acids is 2. The fraction of sp³-hybridized carbons (Fsp3) is 0.556. The van der Waals surface area contributed by atoms with Crippen LogP contribution in [-0.2, 0) is 26.2 Å². The predicted octanol–water partition coefficient (Wildman–Crippen LogP) is 1.23. The van der Waals surface area contributed by atoms with Crippen LogP contribution in [0.5, 0.6) is 0 Å². The molecular weight excluding hydrogens is 370 g/mol. The predicted molar refractivity (Wildman–Crippen MR) is 101 cm³/mol. The first kappa shape index (κ1) is 21.2. The SMILES string of the molecule is CCCNC(=O)CNS(=O)(=O)[C@@H]1CCCN(C(=O)OCc2ccccc2)C1. The zero-order chi connectivity index (χ0) is 19.7. The molecule has 0 spiro atoms. The fourth-order valence-electron chi connectivity index (χ4n) is 2.78. The third kappa shape index (κ3) is 6.84. The van der Waals surface area contributed by atoms with Crippen molar-refractivity contribution in [1.29, 1.82) is 0 Å². The van der Waals surface area contributed by atoms with E-state index in [1.807, 2.05) is 37.3 Å². The average molecular weight is 397 g/mol. The maximum Gasteiger partial charge on any atom is 0.410 e. The highest BCUT2D eigenvalue weighted by atomic mass is 32.2. The molecule has 0 radical (unpaired) electrons. The maximum absolute atomic E-state index is 12.4. The molecule has 1 atom stereocenters. The molecule has 2 rings (SSSR count). The Labute approximate surface area is 160 Å². The topological polar surface area (TPSA) is 105 Å². The number of nitrogens with zero attached hydrogens (tertiary/aromatic N) is 1. The quantitative estimate of drug-likeness (QED) is 0.687. The first-order chi connectivity index (χ1) is 12.9. The molecule has 1 aromatic carbocycles. The van der Waals surface area contributed by atoms with E-state index >= 15 is 0 Å². The largest absolute Gasteiger partial charge is 0.445 e. The van der Waals surface area contributed by atoms with Crippen LogP contribution in [0, 0.1) is 0 Å². The van der Waals surface area contributed by atoms with Gasteiger partial charge in [0.25, 0.3) is 0 Å². The van der Waals surface area contributed by atoms with Crippen molar-refractivity contribution in [3.63, 3.8) is 0 Å². The van der Waals surface area contributed by atoms with Crippen LogP contribution in [0.15, 0.2) is 30.3 Å². The Morgan fingerprint density at radius 2 is 2.00 bits per heavy atom. The lowest BCUT2D eigenvalue weighted by Crippen LogP contribution is -2.49. The monoisotopic (exact) mass is 397 g/mol. The number of nitrogens with one attached hydrogen (secondary N) is 2. The maximum atomic E-state index is 12.4. The number of carbonyl (C=O) groups is 2. The van der Waals surface area contributed by atoms with E-state index in [-0.39, 0.29) is 25.6 Å². The van der Waals surface area contributed by atoms with Gasteiger partial charge in [-0.25, -0.2) is 17.9 Å². The molecule has 1 saturated heterocycles. The summed E-state index contributed by atoms with van der Waals surface area (Å²) in [6.45, 7) is 2.78. The van der Waals surface area contributed by atoms with Gasteiger partial charge >= 0.3 is 6.09 Å². The van der Waals surface area contributed by atoms with Crippen LogP contribution < -0.4 is 10.0 Å². The summed E-state index contributed by atoms with van der Waals surface area (Å²) >= 11 is 0. The minimum Gasteiger partial charge on any atom is -0.445 e. The van der Waals surface area contributed by atoms with Crippen LogP contribution in [-0.4, -0.2) is 56.7 Å². The summed E-state index contributed by atoms with van der Waals surface area (Å²) < 4.78 is 32.5. The highest BCUT2D eigenvalue weighted by Crippen LogP contribution is 2.17. The number of sulfonamides is 1. The highest BCUT2D eigenvalue weighted by molar-refractivity contribution is 7.90. The van der Waals surface area contributed by atoms with E-state index in [1.165, 1.54) is 4.90 Å². The molecule has 2 N–H and O–H groups in total. The van der Waals surface area contributed by atoms with Crippen molar-refractivity contribution in [2.75, 3.05) is 26.2 Å². The number of hydrogen-bond acceptors (Lipinski definition) is 5. The molecule has 1 aromatic rings. The van der Waals surface area contributed by atoms with Crippen molar-refractivity contribution in [3.05, 3.63) is 35.9 Å². The molecule has 9 heteroatoms. The summed E-state index contributed by atoms with van der Waals surface area (Å²) in [6.07, 6.45) is 1.25. The lowest BCUT2D eigenvalue weighted by molar-refractivity contribution is -0.119. The number of piperidine rings is 1. The molecule has 0 aliphatic carbocycles. The average Bonchev–Trinajstić information content (AvgIpc) is 2.70. The molecule has 2 amide bonds. The van der Waals surface area contributed by atoms with E-state index in [1.54, 1.807) is 0 Å². The second-order valence-electron chi connectivity index (χ2n) is 6.47. The van der Waals surface area contributed by atoms with Gasteiger partial charge in [0.1, 0.15) is 6.61 Å². The molecule has 0 aromatic heterocycles. The molecule has 0 bridgehead atoms. The van der Waals surface area contributed by atoms with Gasteiger partial charge in [0.15, 0.2) is 0 Å². The van der Waals surface area contributed by atoms with E-state index in [9.17, 15) is 18.0 Å². The van der Waals surface area contributed by atoms with E-state index in [2.05, 4.69) is 10.0 Å². The summed E-state index contributed by atoms with van der Waals surface area (Å²) in [7, 11) is -3.70. The summed E-state index contributed by atoms with van der Waals surface area (Å²) in [5.41, 5.74) is 0.867. The Balaban J connectivity index is 1.84. The second-order valence-corrected chi connectivity index (χ2v) is 8.51. The third-order valence-electron chi connectivity index (χ3n) is 4.29. The Morgan fingerprint density at radius 3 is 2.70 bits per heavy atom. The molecular formula is C18H27N3O5S. The van der Waals surface area contributed by atoms with Gasteiger partial charge in [0, 0.05) is 19.6 Å². The van der Waals surface area contributed by atoms with Gasteiger partial charge in [-0.15, -0.1) is 0 Å². The van der Waals surface area contributed by atoms with Crippen molar-refractivity contribution in [1.82, 2.24) is 14.9 Å². The molecule has 1 aliphatic rings. The summed E-state index contributed by atoms with van der Waals surface area (Å²) in [6, 6.07) is 9.29. The third-order valence-corrected chi connectivity index (χ3v) is 6.10. The van der Waals surface area contributed by atoms with Gasteiger partial charge in [0.2, 0.25) is 15.9 Å². The molecule has 150 valence electrons. The van der Waals surface area contributed by atoms with Gasteiger partial charge in [-0.3, -0.25) is 4.79 Å². The summed E-state index contributed by atoms with van der Waals surface area (Å²) in [5, 5.41) is 1.86. The van der Waals surface area contributed by atoms with Gasteiger partial charge in [0.05, 0.1) is 11.8 Å². The van der Waals surface area contributed by atoms with Crippen LogP contribution in [0.4, 0.5) is 4.79 Å². The lowest BCUT2D eigenvalue weighted by Gasteiger charge is -2.31. The first-order valence-electron chi connectivity index (χ1n) is 9.13. The van der Waals surface area contributed by atoms with Crippen molar-refractivity contribution < 1.29 is 22.7 Å². The Hall–Kier alpha value is -2.13. The minimum absolute atomic E-state index is 0.0551. The van der Waals surface area contributed by atoms with E-state index in [0.717, 1.165) is 12.0 Å². The first-order valence-corrected chi connectivity index (χ1v) is 10.7. The van der Waals surface area contributed by atoms with Crippen LogP contribution >= 0.6 is 0 Å². The van der Waals surface area contributed by atoms with Crippen LogP contribution in [0.25, 0.3) is 0 Å². The van der Waals surface area contributed by atoms with E-state index in [0.29, 0.717) is 25.9 Å². The number of benzene rings is 1. The number of amides is 2. The standard InChI is InChI=1S/C18H27N3O5S/c1-2-10-19-17(22)12-20-27(24,25)16-9-6-11-21(13-16)18(23)26-14-15-7-4-3-5-8-15/h3-5,7-8,16,20H,2,6,9-14H2,1H3,(H,19,22)/t16-/m1/s1. The van der Waals surface area contributed by atoms with Crippen molar-refractivity contribution in [2.45, 2.75) is 38.0 Å². The van der Waals surface area contributed by atoms with Crippen LogP contribution in [0.2, 0.25) is 0 Å². The molecule has 1 aliphatic heterocycles. The Kier molecular flexibility index (Phi) is 8.05. The highest BCUT2D eigenvalue weighted by Gasteiger charge is 2.33. The number of hydrogen-bond donors (Lipinski definition) is 2. The molecule has 0 unspecified atom stereocenters. The number of rotatable bonds is 8. The van der Waals surface area contributed by atoms with Crippen molar-refractivity contribution in [2.24, 2.45) is 0 Å². The lowest BCUT2D eigenvalue weighted by atomic mass is 10.1. The van der Waals surface area contributed by atoms with Gasteiger partial charge in [-0.05, 0) is 24.8 Å². The smallest absolute Gasteiger partial charge is 0.410 e. The second kappa shape index (κ2) is 10.3. The molecule has 1 fully saturated rings. The van der Waals surface area contributed by atoms with Gasteiger partial charge in [-0.1, -0.05) is 37.3 Å². The van der Waals surface area contributed by atoms with Crippen molar-refractivity contribution in [3.8, 4) is 0 Å². The zero-order valence-corrected chi connectivity index (χ0v) is 16.3. The molecule has 1 heterocycles. The Morgan fingerprint density at radius 1 is 1.26 bits per heavy atom. The fourth-order valence-corrected chi connectivity index (χ4v) is 4.20. The van der Waals surface area contributed by atoms with E-state index < -0.39 is 21.4 Å². The van der Waals surface area contributed by atoms with Crippen LogP contribution in [0.3, 0.4) is 0 Å². The number of likely N-dealkylation sites (tertiary alicyclic amines) is 1. The van der Waals surface area contributed by atoms with Gasteiger partial charge < -0.3 is 15.0 Å².